The third kappa shape index (κ3) is 2.52. The highest BCUT2D eigenvalue weighted by molar-refractivity contribution is 6.37. The second kappa shape index (κ2) is 5.04. The maximum Gasteiger partial charge on any atom is 0.347 e. The molecule has 1 aliphatic rings. The van der Waals surface area contributed by atoms with Crippen molar-refractivity contribution in [3.05, 3.63) is 27.7 Å². The van der Waals surface area contributed by atoms with Crippen LogP contribution in [0.4, 0.5) is 0 Å². The van der Waals surface area contributed by atoms with Gasteiger partial charge in [-0.2, -0.15) is 0 Å². The largest absolute Gasteiger partial charge is 0.505 e. The van der Waals surface area contributed by atoms with E-state index in [0.29, 0.717) is 6.42 Å². The molecule has 96 valence electrons. The topological polar surface area (TPSA) is 72.8 Å². The number of benzene rings is 1. The van der Waals surface area contributed by atoms with Crippen LogP contribution in [-0.2, 0) is 14.3 Å². The Morgan fingerprint density at radius 2 is 2.00 bits per heavy atom. The number of esters is 2. The Bertz CT molecular complexity index is 491. The molecule has 7 heteroatoms. The summed E-state index contributed by atoms with van der Waals surface area (Å²) in [6, 6.07) is 2.43. The molecular weight excluding hydrogens is 283 g/mol. The predicted molar refractivity (Wildman–Crippen MR) is 62.9 cm³/mol. The van der Waals surface area contributed by atoms with Crippen LogP contribution in [0.25, 0.3) is 0 Å². The number of phenolic OH excluding ortho intramolecular Hbond substituents is 1. The third-order valence-electron chi connectivity index (χ3n) is 2.39. The van der Waals surface area contributed by atoms with Crippen molar-refractivity contribution in [3.8, 4) is 5.75 Å². The average Bonchev–Trinajstić information content (AvgIpc) is 2.71. The molecule has 1 atom stereocenters. The van der Waals surface area contributed by atoms with Crippen molar-refractivity contribution in [2.45, 2.75) is 12.5 Å². The van der Waals surface area contributed by atoms with Crippen molar-refractivity contribution in [3.63, 3.8) is 0 Å². The van der Waals surface area contributed by atoms with E-state index in [9.17, 15) is 14.7 Å². The summed E-state index contributed by atoms with van der Waals surface area (Å²) >= 11 is 11.3. The lowest BCUT2D eigenvalue weighted by molar-refractivity contribution is -0.145. The number of ether oxygens (including phenoxy) is 2. The van der Waals surface area contributed by atoms with Gasteiger partial charge in [-0.05, 0) is 12.1 Å². The zero-order valence-electron chi connectivity index (χ0n) is 8.98. The maximum absolute atomic E-state index is 11.7. The first-order valence-corrected chi connectivity index (χ1v) is 5.80. The van der Waals surface area contributed by atoms with Crippen LogP contribution in [0.3, 0.4) is 0 Å². The van der Waals surface area contributed by atoms with Crippen LogP contribution in [0, 0.1) is 0 Å². The Hall–Kier alpha value is -1.46. The van der Waals surface area contributed by atoms with Gasteiger partial charge >= 0.3 is 11.9 Å². The summed E-state index contributed by atoms with van der Waals surface area (Å²) in [6.07, 6.45) is -0.576. The van der Waals surface area contributed by atoms with Gasteiger partial charge in [0.25, 0.3) is 0 Å². The third-order valence-corrected chi connectivity index (χ3v) is 2.97. The number of rotatable bonds is 2. The lowest BCUT2D eigenvalue weighted by atomic mass is 10.2. The molecule has 1 fully saturated rings. The fraction of sp³-hybridized carbons (Fsp3) is 0.273. The predicted octanol–water partition coefficient (Wildman–Crippen LogP) is 2.17. The van der Waals surface area contributed by atoms with Crippen LogP contribution in [0.15, 0.2) is 12.1 Å². The Balaban J connectivity index is 2.16. The summed E-state index contributed by atoms with van der Waals surface area (Å²) in [5.74, 6) is -1.63. The number of hydrogen-bond donors (Lipinski definition) is 1. The van der Waals surface area contributed by atoms with Crippen molar-refractivity contribution >= 4 is 35.1 Å². The molecule has 0 aliphatic carbocycles. The van der Waals surface area contributed by atoms with Crippen molar-refractivity contribution in [2.75, 3.05) is 6.61 Å². The van der Waals surface area contributed by atoms with E-state index in [2.05, 4.69) is 4.74 Å². The van der Waals surface area contributed by atoms with Gasteiger partial charge in [-0.25, -0.2) is 9.59 Å². The zero-order valence-corrected chi connectivity index (χ0v) is 10.5. The summed E-state index contributed by atoms with van der Waals surface area (Å²) in [5.41, 5.74) is 0.0579. The molecule has 1 saturated heterocycles. The van der Waals surface area contributed by atoms with E-state index in [-0.39, 0.29) is 28.0 Å². The average molecular weight is 291 g/mol. The van der Waals surface area contributed by atoms with Crippen LogP contribution in [0.2, 0.25) is 10.0 Å². The van der Waals surface area contributed by atoms with Crippen molar-refractivity contribution in [1.29, 1.82) is 0 Å². The zero-order chi connectivity index (χ0) is 13.3. The van der Waals surface area contributed by atoms with E-state index in [1.807, 2.05) is 0 Å². The first kappa shape index (κ1) is 13.0. The molecule has 0 spiro atoms. The standard InChI is InChI=1S/C11H8Cl2O5/c12-6-3-5(4-7(13)9(6)14)10(15)18-8-1-2-17-11(8)16/h3-4,8,14H,1-2H2. The molecule has 5 nitrogen and oxygen atoms in total. The highest BCUT2D eigenvalue weighted by atomic mass is 35.5. The fourth-order valence-electron chi connectivity index (χ4n) is 1.47. The van der Waals surface area contributed by atoms with Crippen molar-refractivity contribution in [1.82, 2.24) is 0 Å². The highest BCUT2D eigenvalue weighted by Gasteiger charge is 2.30. The van der Waals surface area contributed by atoms with Crippen LogP contribution >= 0.6 is 23.2 Å². The van der Waals surface area contributed by atoms with Gasteiger partial charge in [0.05, 0.1) is 22.2 Å². The summed E-state index contributed by atoms with van der Waals surface area (Å²) < 4.78 is 9.61. The molecule has 1 aromatic rings. The van der Waals surface area contributed by atoms with Gasteiger partial charge in [0.15, 0.2) is 5.75 Å². The molecular formula is C11H8Cl2O5. The number of halogens is 2. The molecule has 0 aromatic heterocycles. The van der Waals surface area contributed by atoms with E-state index < -0.39 is 18.0 Å². The second-order valence-electron chi connectivity index (χ2n) is 3.64. The molecule has 1 aromatic carbocycles. The van der Waals surface area contributed by atoms with Crippen molar-refractivity contribution in [2.24, 2.45) is 0 Å². The number of phenols is 1. The minimum atomic E-state index is -0.899. The molecule has 0 saturated carbocycles. The van der Waals surface area contributed by atoms with Gasteiger partial charge in [-0.15, -0.1) is 0 Å². The number of aromatic hydroxyl groups is 1. The number of hydrogen-bond acceptors (Lipinski definition) is 5. The Labute approximate surface area is 112 Å². The monoisotopic (exact) mass is 290 g/mol. The first-order valence-electron chi connectivity index (χ1n) is 5.04. The molecule has 1 N–H and O–H groups in total. The van der Waals surface area contributed by atoms with Gasteiger partial charge in [0, 0.05) is 6.42 Å². The maximum atomic E-state index is 11.7. The highest BCUT2D eigenvalue weighted by Crippen LogP contribution is 2.33. The van der Waals surface area contributed by atoms with Gasteiger partial charge in [-0.1, -0.05) is 23.2 Å². The fourth-order valence-corrected chi connectivity index (χ4v) is 1.95. The smallest absolute Gasteiger partial charge is 0.347 e. The first-order chi connectivity index (χ1) is 8.49. The molecule has 1 aliphatic heterocycles. The molecule has 0 bridgehead atoms. The Morgan fingerprint density at radius 1 is 1.39 bits per heavy atom. The number of carbonyl (C=O) groups is 2. The Morgan fingerprint density at radius 3 is 2.50 bits per heavy atom. The van der Waals surface area contributed by atoms with Gasteiger partial charge < -0.3 is 14.6 Å². The van der Waals surface area contributed by atoms with Crippen LogP contribution < -0.4 is 0 Å². The van der Waals surface area contributed by atoms with Crippen LogP contribution in [0.1, 0.15) is 16.8 Å². The van der Waals surface area contributed by atoms with Gasteiger partial charge in [0.1, 0.15) is 0 Å². The minimum Gasteiger partial charge on any atom is -0.505 e. The Kier molecular flexibility index (Phi) is 3.63. The summed E-state index contributed by atoms with van der Waals surface area (Å²) in [7, 11) is 0. The quantitative estimate of drug-likeness (QED) is 0.845. The summed E-state index contributed by atoms with van der Waals surface area (Å²) in [6.45, 7) is 0.230. The molecule has 1 unspecified atom stereocenters. The van der Waals surface area contributed by atoms with E-state index in [1.165, 1.54) is 12.1 Å². The lowest BCUT2D eigenvalue weighted by Crippen LogP contribution is -2.22. The van der Waals surface area contributed by atoms with Gasteiger partial charge in [0.2, 0.25) is 6.10 Å². The minimum absolute atomic E-state index is 0.0579. The van der Waals surface area contributed by atoms with E-state index in [0.717, 1.165) is 0 Å². The van der Waals surface area contributed by atoms with Crippen LogP contribution in [0.5, 0.6) is 5.75 Å². The van der Waals surface area contributed by atoms with E-state index in [4.69, 9.17) is 27.9 Å². The summed E-state index contributed by atoms with van der Waals surface area (Å²) in [5, 5.41) is 9.22. The number of carbonyl (C=O) groups excluding carboxylic acids is 2. The normalized spacial score (nSPS) is 18.6. The SMILES string of the molecule is O=C(OC1CCOC1=O)c1cc(Cl)c(O)c(Cl)c1. The van der Waals surface area contributed by atoms with Gasteiger partial charge in [-0.3, -0.25) is 0 Å². The molecule has 0 radical (unpaired) electrons. The summed E-state index contributed by atoms with van der Waals surface area (Å²) in [4.78, 5) is 22.9. The lowest BCUT2D eigenvalue weighted by Gasteiger charge is -2.09. The molecule has 1 heterocycles. The molecule has 18 heavy (non-hydrogen) atoms. The van der Waals surface area contributed by atoms with E-state index >= 15 is 0 Å². The molecule has 2 rings (SSSR count). The number of cyclic esters (lactones) is 1. The van der Waals surface area contributed by atoms with E-state index in [1.54, 1.807) is 0 Å². The van der Waals surface area contributed by atoms with Crippen molar-refractivity contribution < 1.29 is 24.2 Å². The second-order valence-corrected chi connectivity index (χ2v) is 4.45. The molecule has 0 amide bonds. The van der Waals surface area contributed by atoms with Crippen LogP contribution in [-0.4, -0.2) is 29.8 Å².